The Hall–Kier alpha value is -1.96. The molecule has 1 atom stereocenters. The number of aliphatic hydroxyl groups is 1. The Bertz CT molecular complexity index is 821. The Labute approximate surface area is 154 Å². The van der Waals surface area contributed by atoms with Gasteiger partial charge >= 0.3 is 0 Å². The van der Waals surface area contributed by atoms with Gasteiger partial charge < -0.3 is 14.9 Å². The Balaban J connectivity index is 2.05. The SMILES string of the molecule is Cc1ccsc1C1C(C(=O)c2cccs2)=C(O)C(=O)N1CCN(C)C. The number of carbonyl (C=O) groups excluding carboxylic acids is 2. The van der Waals surface area contributed by atoms with Gasteiger partial charge in [-0.05, 0) is 49.5 Å². The van der Waals surface area contributed by atoms with Crippen molar-refractivity contribution in [3.05, 3.63) is 55.6 Å². The Kier molecular flexibility index (Phi) is 5.08. The maximum Gasteiger partial charge on any atom is 0.290 e. The van der Waals surface area contributed by atoms with Crippen LogP contribution >= 0.6 is 22.7 Å². The number of rotatable bonds is 6. The van der Waals surface area contributed by atoms with Crippen LogP contribution < -0.4 is 0 Å². The van der Waals surface area contributed by atoms with E-state index in [0.29, 0.717) is 18.0 Å². The molecule has 0 spiro atoms. The fraction of sp³-hybridized carbons (Fsp3) is 0.333. The summed E-state index contributed by atoms with van der Waals surface area (Å²) in [6.45, 7) is 3.06. The number of Topliss-reactive ketones (excluding diaryl/α,β-unsaturated/α-hetero) is 1. The fourth-order valence-corrected chi connectivity index (χ4v) is 4.63. The van der Waals surface area contributed by atoms with Gasteiger partial charge in [0, 0.05) is 18.0 Å². The van der Waals surface area contributed by atoms with Gasteiger partial charge in [-0.15, -0.1) is 22.7 Å². The van der Waals surface area contributed by atoms with Crippen molar-refractivity contribution >= 4 is 34.4 Å². The van der Waals surface area contributed by atoms with Crippen LogP contribution in [0.3, 0.4) is 0 Å². The molecule has 0 saturated heterocycles. The summed E-state index contributed by atoms with van der Waals surface area (Å²) < 4.78 is 0. The Morgan fingerprint density at radius 2 is 2.04 bits per heavy atom. The smallest absolute Gasteiger partial charge is 0.290 e. The molecular formula is C18H20N2O3S2. The van der Waals surface area contributed by atoms with Crippen molar-refractivity contribution in [2.24, 2.45) is 0 Å². The Morgan fingerprint density at radius 1 is 1.28 bits per heavy atom. The first-order chi connectivity index (χ1) is 11.9. The predicted octanol–water partition coefficient (Wildman–Crippen LogP) is 3.26. The van der Waals surface area contributed by atoms with Crippen LogP contribution in [0, 0.1) is 6.92 Å². The van der Waals surface area contributed by atoms with Gasteiger partial charge in [-0.1, -0.05) is 6.07 Å². The first-order valence-electron chi connectivity index (χ1n) is 7.92. The molecule has 1 amide bonds. The molecule has 2 aromatic rings. The third kappa shape index (κ3) is 3.27. The van der Waals surface area contributed by atoms with E-state index in [1.165, 1.54) is 22.7 Å². The summed E-state index contributed by atoms with van der Waals surface area (Å²) >= 11 is 2.82. The summed E-state index contributed by atoms with van der Waals surface area (Å²) in [5.74, 6) is -1.17. The highest BCUT2D eigenvalue weighted by molar-refractivity contribution is 7.12. The van der Waals surface area contributed by atoms with E-state index in [2.05, 4.69) is 0 Å². The van der Waals surface area contributed by atoms with Gasteiger partial charge in [-0.3, -0.25) is 9.59 Å². The monoisotopic (exact) mass is 376 g/mol. The maximum absolute atomic E-state index is 13.0. The molecule has 0 aromatic carbocycles. The lowest BCUT2D eigenvalue weighted by atomic mass is 9.99. The van der Waals surface area contributed by atoms with Crippen LogP contribution in [-0.2, 0) is 4.79 Å². The molecule has 25 heavy (non-hydrogen) atoms. The van der Waals surface area contributed by atoms with Gasteiger partial charge in [0.05, 0.1) is 16.5 Å². The molecule has 132 valence electrons. The van der Waals surface area contributed by atoms with Crippen LogP contribution in [0.25, 0.3) is 0 Å². The zero-order valence-electron chi connectivity index (χ0n) is 14.4. The van der Waals surface area contributed by atoms with Crippen molar-refractivity contribution in [2.75, 3.05) is 27.2 Å². The van der Waals surface area contributed by atoms with E-state index < -0.39 is 17.7 Å². The van der Waals surface area contributed by atoms with Crippen molar-refractivity contribution in [3.63, 3.8) is 0 Å². The Morgan fingerprint density at radius 3 is 2.60 bits per heavy atom. The molecule has 2 aromatic heterocycles. The largest absolute Gasteiger partial charge is 0.503 e. The minimum Gasteiger partial charge on any atom is -0.503 e. The number of likely N-dealkylation sites (N-methyl/N-ethyl adjacent to an activating group) is 1. The molecule has 5 nitrogen and oxygen atoms in total. The van der Waals surface area contributed by atoms with Crippen molar-refractivity contribution < 1.29 is 14.7 Å². The van der Waals surface area contributed by atoms with Crippen LogP contribution in [0.4, 0.5) is 0 Å². The minimum atomic E-state index is -0.526. The first-order valence-corrected chi connectivity index (χ1v) is 9.68. The number of carbonyl (C=O) groups is 2. The molecule has 3 heterocycles. The average molecular weight is 377 g/mol. The molecule has 1 N–H and O–H groups in total. The molecule has 7 heteroatoms. The van der Waals surface area contributed by atoms with E-state index in [0.717, 1.165) is 10.4 Å². The molecule has 3 rings (SSSR count). The number of thiophene rings is 2. The summed E-state index contributed by atoms with van der Waals surface area (Å²) in [5.41, 5.74) is 1.21. The van der Waals surface area contributed by atoms with Crippen LogP contribution in [0.1, 0.15) is 26.2 Å². The maximum atomic E-state index is 13.0. The highest BCUT2D eigenvalue weighted by Gasteiger charge is 2.44. The molecule has 1 aliphatic heterocycles. The van der Waals surface area contributed by atoms with Gasteiger partial charge in [0.1, 0.15) is 0 Å². The summed E-state index contributed by atoms with van der Waals surface area (Å²) in [6.07, 6.45) is 0. The van der Waals surface area contributed by atoms with Gasteiger partial charge in [0.2, 0.25) is 5.78 Å². The molecule has 0 radical (unpaired) electrons. The molecule has 0 saturated carbocycles. The van der Waals surface area contributed by atoms with E-state index in [-0.39, 0.29) is 11.4 Å². The lowest BCUT2D eigenvalue weighted by Gasteiger charge is -2.27. The van der Waals surface area contributed by atoms with Crippen molar-refractivity contribution in [3.8, 4) is 0 Å². The van der Waals surface area contributed by atoms with E-state index in [4.69, 9.17) is 0 Å². The summed E-state index contributed by atoms with van der Waals surface area (Å²) in [6, 6.07) is 4.96. The van der Waals surface area contributed by atoms with E-state index in [1.807, 2.05) is 42.7 Å². The van der Waals surface area contributed by atoms with E-state index >= 15 is 0 Å². The van der Waals surface area contributed by atoms with Gasteiger partial charge in [-0.2, -0.15) is 0 Å². The third-order valence-electron chi connectivity index (χ3n) is 4.23. The lowest BCUT2D eigenvalue weighted by Crippen LogP contribution is -2.36. The number of nitrogens with zero attached hydrogens (tertiary/aromatic N) is 2. The average Bonchev–Trinajstić information content (AvgIpc) is 3.27. The number of ketones is 1. The van der Waals surface area contributed by atoms with Gasteiger partial charge in [0.25, 0.3) is 5.91 Å². The molecule has 0 aliphatic carbocycles. The second kappa shape index (κ2) is 7.11. The van der Waals surface area contributed by atoms with Gasteiger partial charge in [0.15, 0.2) is 5.76 Å². The van der Waals surface area contributed by atoms with Crippen LogP contribution in [-0.4, -0.2) is 53.8 Å². The molecular weight excluding hydrogens is 356 g/mol. The zero-order chi connectivity index (χ0) is 18.1. The summed E-state index contributed by atoms with van der Waals surface area (Å²) in [4.78, 5) is 30.7. The normalized spacial score (nSPS) is 17.8. The second-order valence-corrected chi connectivity index (χ2v) is 8.14. The molecule has 1 unspecified atom stereocenters. The molecule has 0 bridgehead atoms. The summed E-state index contributed by atoms with van der Waals surface area (Å²) in [7, 11) is 3.86. The fourth-order valence-electron chi connectivity index (χ4n) is 2.90. The third-order valence-corrected chi connectivity index (χ3v) is 6.17. The highest BCUT2D eigenvalue weighted by Crippen LogP contribution is 2.42. The number of hydrogen-bond acceptors (Lipinski definition) is 6. The first kappa shape index (κ1) is 17.8. The van der Waals surface area contributed by atoms with E-state index in [9.17, 15) is 14.7 Å². The predicted molar refractivity (Wildman–Crippen MR) is 100 cm³/mol. The van der Waals surface area contributed by atoms with Crippen molar-refractivity contribution in [1.29, 1.82) is 0 Å². The number of aliphatic hydroxyl groups excluding tert-OH is 1. The number of hydrogen-bond donors (Lipinski definition) is 1. The number of amides is 1. The zero-order valence-corrected chi connectivity index (χ0v) is 16.0. The quantitative estimate of drug-likeness (QED) is 0.786. The van der Waals surface area contributed by atoms with Crippen molar-refractivity contribution in [1.82, 2.24) is 9.80 Å². The van der Waals surface area contributed by atoms with Crippen LogP contribution in [0.5, 0.6) is 0 Å². The van der Waals surface area contributed by atoms with Crippen molar-refractivity contribution in [2.45, 2.75) is 13.0 Å². The van der Waals surface area contributed by atoms with Crippen LogP contribution in [0.2, 0.25) is 0 Å². The summed E-state index contributed by atoms with van der Waals surface area (Å²) in [5, 5.41) is 14.2. The minimum absolute atomic E-state index is 0.191. The van der Waals surface area contributed by atoms with Crippen LogP contribution in [0.15, 0.2) is 40.3 Å². The molecule has 0 fully saturated rings. The van der Waals surface area contributed by atoms with E-state index in [1.54, 1.807) is 17.0 Å². The standard InChI is InChI=1S/C18H20N2O3S2/c1-11-6-10-25-17(11)14-13(15(21)12-5-4-9-24-12)16(22)18(23)20(14)8-7-19(2)3/h4-6,9-10,14,22H,7-8H2,1-3H3. The lowest BCUT2D eigenvalue weighted by molar-refractivity contribution is -0.129. The highest BCUT2D eigenvalue weighted by atomic mass is 32.1. The molecule has 1 aliphatic rings. The second-order valence-electron chi connectivity index (χ2n) is 6.24. The topological polar surface area (TPSA) is 60.9 Å². The van der Waals surface area contributed by atoms with Gasteiger partial charge in [-0.25, -0.2) is 0 Å². The number of aryl methyl sites for hydroxylation is 1.